The fourth-order valence-electron chi connectivity index (χ4n) is 3.69. The van der Waals surface area contributed by atoms with E-state index in [1.54, 1.807) is 4.90 Å². The van der Waals surface area contributed by atoms with Crippen LogP contribution in [-0.2, 0) is 11.3 Å². The van der Waals surface area contributed by atoms with Crippen LogP contribution in [0.3, 0.4) is 0 Å². The zero-order valence-corrected chi connectivity index (χ0v) is 16.4. The second-order valence-electron chi connectivity index (χ2n) is 7.98. The zero-order chi connectivity index (χ0) is 19.9. The Hall–Kier alpha value is -2.28. The lowest BCUT2D eigenvalue weighted by atomic mass is 9.77. The highest BCUT2D eigenvalue weighted by molar-refractivity contribution is 5.67. The molecular weight excluding hydrogens is 346 g/mol. The lowest BCUT2D eigenvalue weighted by molar-refractivity contribution is 0.0378. The second-order valence-corrected chi connectivity index (χ2v) is 7.98. The summed E-state index contributed by atoms with van der Waals surface area (Å²) in [4.78, 5) is 24.9. The Kier molecular flexibility index (Phi) is 7.47. The van der Waals surface area contributed by atoms with Crippen molar-refractivity contribution in [3.8, 4) is 0 Å². The van der Waals surface area contributed by atoms with Gasteiger partial charge in [-0.1, -0.05) is 51.1 Å². The first-order valence-corrected chi connectivity index (χ1v) is 9.46. The van der Waals surface area contributed by atoms with Crippen LogP contribution in [0.4, 0.5) is 9.59 Å². The van der Waals surface area contributed by atoms with Crippen molar-refractivity contribution >= 4 is 12.2 Å². The van der Waals surface area contributed by atoms with E-state index in [2.05, 4.69) is 31.4 Å². The molecule has 1 aromatic carbocycles. The van der Waals surface area contributed by atoms with Gasteiger partial charge in [-0.3, -0.25) is 0 Å². The van der Waals surface area contributed by atoms with Gasteiger partial charge in [0, 0.05) is 25.7 Å². The van der Waals surface area contributed by atoms with Crippen molar-refractivity contribution in [2.75, 3.05) is 19.6 Å². The maximum absolute atomic E-state index is 11.8. The smallest absolute Gasteiger partial charge is 0.407 e. The molecule has 1 aliphatic rings. The number of nitrogens with one attached hydrogen (secondary N) is 2. The minimum atomic E-state index is -0.871. The number of rotatable bonds is 6. The molecule has 2 unspecified atom stereocenters. The van der Waals surface area contributed by atoms with Crippen LogP contribution >= 0.6 is 0 Å². The van der Waals surface area contributed by atoms with Gasteiger partial charge in [0.2, 0.25) is 0 Å². The lowest BCUT2D eigenvalue weighted by Gasteiger charge is -2.47. The highest BCUT2D eigenvalue weighted by Crippen LogP contribution is 2.32. The number of carbonyl (C=O) groups excluding carboxylic acids is 1. The summed E-state index contributed by atoms with van der Waals surface area (Å²) in [7, 11) is 0. The largest absolute Gasteiger partial charge is 0.465 e. The topological polar surface area (TPSA) is 90.9 Å². The standard InChI is InChI=1S/C20H31N3O4/c1-20(2,3)17-16(10-7-13-23(17)19(25)26)21-11-12-22-18(24)27-14-15-8-5-4-6-9-15/h4-6,8-9,16-17,21H,7,10-14H2,1-3H3,(H,22,24)(H,25,26). The van der Waals surface area contributed by atoms with Gasteiger partial charge in [-0.05, 0) is 23.8 Å². The maximum atomic E-state index is 11.8. The molecule has 2 atom stereocenters. The second kappa shape index (κ2) is 9.60. The van der Waals surface area contributed by atoms with Crippen LogP contribution in [0.15, 0.2) is 30.3 Å². The van der Waals surface area contributed by atoms with E-state index in [0.717, 1.165) is 18.4 Å². The summed E-state index contributed by atoms with van der Waals surface area (Å²) in [5.74, 6) is 0. The first kappa shape index (κ1) is 21.0. The summed E-state index contributed by atoms with van der Waals surface area (Å²) in [6.07, 6.45) is 0.431. The molecule has 1 fully saturated rings. The van der Waals surface area contributed by atoms with Crippen molar-refractivity contribution in [1.29, 1.82) is 0 Å². The van der Waals surface area contributed by atoms with Crippen molar-refractivity contribution < 1.29 is 19.4 Å². The van der Waals surface area contributed by atoms with Gasteiger partial charge >= 0.3 is 12.2 Å². The molecule has 3 N–H and O–H groups in total. The van der Waals surface area contributed by atoms with Crippen LogP contribution in [0.2, 0.25) is 0 Å². The molecule has 0 bridgehead atoms. The molecule has 150 valence electrons. The molecule has 0 saturated carbocycles. The molecule has 7 heteroatoms. The Balaban J connectivity index is 1.76. The predicted molar refractivity (Wildman–Crippen MR) is 104 cm³/mol. The maximum Gasteiger partial charge on any atom is 0.407 e. The SMILES string of the molecule is CC(C)(C)C1C(NCCNC(=O)OCc2ccccc2)CCCN1C(=O)O. The minimum Gasteiger partial charge on any atom is -0.465 e. The van der Waals surface area contributed by atoms with E-state index >= 15 is 0 Å². The fourth-order valence-corrected chi connectivity index (χ4v) is 3.69. The molecule has 1 heterocycles. The Morgan fingerprint density at radius 3 is 2.56 bits per heavy atom. The molecule has 1 saturated heterocycles. The summed E-state index contributed by atoms with van der Waals surface area (Å²) >= 11 is 0. The normalized spacial score (nSPS) is 20.2. The van der Waals surface area contributed by atoms with Gasteiger partial charge in [-0.15, -0.1) is 0 Å². The van der Waals surface area contributed by atoms with Gasteiger partial charge < -0.3 is 25.4 Å². The van der Waals surface area contributed by atoms with E-state index in [9.17, 15) is 14.7 Å². The number of nitrogens with zero attached hydrogens (tertiary/aromatic N) is 1. The number of amides is 2. The number of hydrogen-bond donors (Lipinski definition) is 3. The number of hydrogen-bond acceptors (Lipinski definition) is 4. The molecule has 1 aliphatic heterocycles. The van der Waals surface area contributed by atoms with Gasteiger partial charge in [-0.2, -0.15) is 0 Å². The molecule has 7 nitrogen and oxygen atoms in total. The van der Waals surface area contributed by atoms with E-state index in [1.807, 2.05) is 30.3 Å². The van der Waals surface area contributed by atoms with Gasteiger partial charge in [0.25, 0.3) is 0 Å². The van der Waals surface area contributed by atoms with E-state index in [1.165, 1.54) is 0 Å². The Morgan fingerprint density at radius 1 is 1.22 bits per heavy atom. The van der Waals surface area contributed by atoms with Gasteiger partial charge in [-0.25, -0.2) is 9.59 Å². The number of benzene rings is 1. The van der Waals surface area contributed by atoms with Crippen molar-refractivity contribution in [3.05, 3.63) is 35.9 Å². The number of alkyl carbamates (subject to hydrolysis) is 1. The van der Waals surface area contributed by atoms with Crippen LogP contribution in [0.1, 0.15) is 39.2 Å². The van der Waals surface area contributed by atoms with E-state index in [4.69, 9.17) is 4.74 Å². The van der Waals surface area contributed by atoms with Crippen molar-refractivity contribution in [3.63, 3.8) is 0 Å². The van der Waals surface area contributed by atoms with E-state index < -0.39 is 12.2 Å². The monoisotopic (exact) mass is 377 g/mol. The van der Waals surface area contributed by atoms with E-state index in [0.29, 0.717) is 19.6 Å². The van der Waals surface area contributed by atoms with Gasteiger partial charge in [0.05, 0.1) is 6.04 Å². The van der Waals surface area contributed by atoms with Gasteiger partial charge in [0.1, 0.15) is 6.61 Å². The highest BCUT2D eigenvalue weighted by Gasteiger charge is 2.41. The molecule has 0 aliphatic carbocycles. The third kappa shape index (κ3) is 6.43. The fraction of sp³-hybridized carbons (Fsp3) is 0.600. The summed E-state index contributed by atoms with van der Waals surface area (Å²) in [6.45, 7) is 7.98. The van der Waals surface area contributed by atoms with Crippen LogP contribution < -0.4 is 10.6 Å². The Bertz CT molecular complexity index is 615. The number of piperidine rings is 1. The summed E-state index contributed by atoms with van der Waals surface area (Å²) < 4.78 is 5.18. The summed E-state index contributed by atoms with van der Waals surface area (Å²) in [6, 6.07) is 9.48. The van der Waals surface area contributed by atoms with Crippen LogP contribution in [0, 0.1) is 5.41 Å². The highest BCUT2D eigenvalue weighted by atomic mass is 16.5. The third-order valence-electron chi connectivity index (χ3n) is 4.78. The van der Waals surface area contributed by atoms with Crippen LogP contribution in [-0.4, -0.2) is 53.9 Å². The molecule has 0 spiro atoms. The van der Waals surface area contributed by atoms with Crippen LogP contribution in [0.5, 0.6) is 0 Å². The molecule has 2 rings (SSSR count). The molecule has 0 radical (unpaired) electrons. The molecule has 0 aromatic heterocycles. The first-order chi connectivity index (χ1) is 12.8. The molecule has 1 aromatic rings. The first-order valence-electron chi connectivity index (χ1n) is 9.46. The van der Waals surface area contributed by atoms with Crippen molar-refractivity contribution in [1.82, 2.24) is 15.5 Å². The summed E-state index contributed by atoms with van der Waals surface area (Å²) in [5, 5.41) is 15.7. The predicted octanol–water partition coefficient (Wildman–Crippen LogP) is 3.06. The lowest BCUT2D eigenvalue weighted by Crippen LogP contribution is -2.61. The van der Waals surface area contributed by atoms with Gasteiger partial charge in [0.15, 0.2) is 0 Å². The van der Waals surface area contributed by atoms with Crippen molar-refractivity contribution in [2.24, 2.45) is 5.41 Å². The number of carboxylic acid groups (broad SMARTS) is 1. The Morgan fingerprint density at radius 2 is 1.93 bits per heavy atom. The number of carbonyl (C=O) groups is 2. The average Bonchev–Trinajstić information content (AvgIpc) is 2.63. The van der Waals surface area contributed by atoms with Crippen LogP contribution in [0.25, 0.3) is 0 Å². The minimum absolute atomic E-state index is 0.0667. The Labute approximate surface area is 161 Å². The third-order valence-corrected chi connectivity index (χ3v) is 4.78. The zero-order valence-electron chi connectivity index (χ0n) is 16.4. The average molecular weight is 377 g/mol. The molecular formula is C20H31N3O4. The number of likely N-dealkylation sites (tertiary alicyclic amines) is 1. The van der Waals surface area contributed by atoms with E-state index in [-0.39, 0.29) is 24.1 Å². The number of ether oxygens (including phenoxy) is 1. The molecule has 2 amide bonds. The molecule has 27 heavy (non-hydrogen) atoms. The quantitative estimate of drug-likeness (QED) is 0.663. The summed E-state index contributed by atoms with van der Waals surface area (Å²) in [5.41, 5.74) is 0.771. The van der Waals surface area contributed by atoms with Crippen molar-refractivity contribution in [2.45, 2.75) is 52.3 Å².